The van der Waals surface area contributed by atoms with E-state index in [4.69, 9.17) is 4.74 Å². The molecule has 0 heterocycles. The highest BCUT2D eigenvalue weighted by molar-refractivity contribution is 5.02. The topological polar surface area (TPSA) is 21.3 Å². The van der Waals surface area contributed by atoms with Gasteiger partial charge in [0.1, 0.15) is 0 Å². The zero-order valence-electron chi connectivity index (χ0n) is 10.8. The van der Waals surface area contributed by atoms with E-state index in [1.807, 2.05) is 0 Å². The van der Waals surface area contributed by atoms with Crippen LogP contribution in [-0.4, -0.2) is 25.3 Å². The van der Waals surface area contributed by atoms with Crippen LogP contribution >= 0.6 is 0 Å². The molecule has 1 rings (SSSR count). The first-order valence-corrected chi connectivity index (χ1v) is 6.47. The molecule has 2 nitrogen and oxygen atoms in total. The van der Waals surface area contributed by atoms with Crippen LogP contribution in [0.2, 0.25) is 0 Å². The third-order valence-electron chi connectivity index (χ3n) is 3.72. The van der Waals surface area contributed by atoms with E-state index in [0.717, 1.165) is 6.61 Å². The second-order valence-corrected chi connectivity index (χ2v) is 5.21. The van der Waals surface area contributed by atoms with E-state index in [1.54, 1.807) is 0 Å². The van der Waals surface area contributed by atoms with E-state index < -0.39 is 0 Å². The standard InChI is InChI=1S/C13H27NO/c1-5-7-8-9-14-11-10-12(15-6-2)13(11,3)4/h11-12,14H,5-10H2,1-4H3. The van der Waals surface area contributed by atoms with E-state index in [9.17, 15) is 0 Å². The van der Waals surface area contributed by atoms with Gasteiger partial charge in [-0.3, -0.25) is 0 Å². The maximum Gasteiger partial charge on any atom is 0.0655 e. The molecule has 1 aliphatic rings. The van der Waals surface area contributed by atoms with Gasteiger partial charge in [0.25, 0.3) is 0 Å². The van der Waals surface area contributed by atoms with Gasteiger partial charge in [-0.2, -0.15) is 0 Å². The fraction of sp³-hybridized carbons (Fsp3) is 1.00. The maximum absolute atomic E-state index is 5.71. The zero-order chi connectivity index (χ0) is 11.3. The lowest BCUT2D eigenvalue weighted by Gasteiger charge is -2.52. The molecule has 0 aromatic carbocycles. The summed E-state index contributed by atoms with van der Waals surface area (Å²) in [5.74, 6) is 0. The van der Waals surface area contributed by atoms with Gasteiger partial charge >= 0.3 is 0 Å². The molecule has 0 amide bonds. The van der Waals surface area contributed by atoms with Gasteiger partial charge in [0.15, 0.2) is 0 Å². The minimum absolute atomic E-state index is 0.322. The first-order chi connectivity index (χ1) is 7.12. The van der Waals surface area contributed by atoms with Crippen molar-refractivity contribution in [3.63, 3.8) is 0 Å². The summed E-state index contributed by atoms with van der Waals surface area (Å²) in [4.78, 5) is 0. The first-order valence-electron chi connectivity index (χ1n) is 6.47. The van der Waals surface area contributed by atoms with Gasteiger partial charge in [0.2, 0.25) is 0 Å². The molecular formula is C13H27NO. The Balaban J connectivity index is 2.17. The quantitative estimate of drug-likeness (QED) is 0.656. The second kappa shape index (κ2) is 5.86. The van der Waals surface area contributed by atoms with Gasteiger partial charge in [-0.25, -0.2) is 0 Å². The van der Waals surface area contributed by atoms with E-state index >= 15 is 0 Å². The molecule has 2 atom stereocenters. The number of ether oxygens (including phenoxy) is 1. The first kappa shape index (κ1) is 13.0. The van der Waals surface area contributed by atoms with Gasteiger partial charge in [0, 0.05) is 18.1 Å². The predicted octanol–water partition coefficient (Wildman–Crippen LogP) is 2.97. The molecule has 0 saturated heterocycles. The van der Waals surface area contributed by atoms with Crippen molar-refractivity contribution in [2.75, 3.05) is 13.2 Å². The highest BCUT2D eigenvalue weighted by Gasteiger charge is 2.48. The fourth-order valence-corrected chi connectivity index (χ4v) is 2.37. The van der Waals surface area contributed by atoms with Crippen LogP contribution < -0.4 is 5.32 Å². The summed E-state index contributed by atoms with van der Waals surface area (Å²) in [6.45, 7) is 11.0. The van der Waals surface area contributed by atoms with Crippen LogP contribution in [-0.2, 0) is 4.74 Å². The molecule has 15 heavy (non-hydrogen) atoms. The highest BCUT2D eigenvalue weighted by Crippen LogP contribution is 2.42. The van der Waals surface area contributed by atoms with Gasteiger partial charge in [-0.1, -0.05) is 33.6 Å². The lowest BCUT2D eigenvalue weighted by Crippen LogP contribution is -2.61. The second-order valence-electron chi connectivity index (χ2n) is 5.21. The zero-order valence-corrected chi connectivity index (χ0v) is 10.8. The molecule has 1 fully saturated rings. The summed E-state index contributed by atoms with van der Waals surface area (Å²) >= 11 is 0. The van der Waals surface area contributed by atoms with Gasteiger partial charge < -0.3 is 10.1 Å². The minimum Gasteiger partial charge on any atom is -0.378 e. The number of rotatable bonds is 7. The Morgan fingerprint density at radius 3 is 2.53 bits per heavy atom. The Morgan fingerprint density at radius 1 is 1.27 bits per heavy atom. The molecule has 1 aliphatic carbocycles. The summed E-state index contributed by atoms with van der Waals surface area (Å²) in [6, 6.07) is 0.658. The molecule has 0 aliphatic heterocycles. The van der Waals surface area contributed by atoms with Crippen LogP contribution in [0.4, 0.5) is 0 Å². The van der Waals surface area contributed by atoms with Crippen molar-refractivity contribution in [3.05, 3.63) is 0 Å². The third kappa shape index (κ3) is 3.18. The Hall–Kier alpha value is -0.0800. The predicted molar refractivity (Wildman–Crippen MR) is 65.1 cm³/mol. The molecule has 0 bridgehead atoms. The summed E-state index contributed by atoms with van der Waals surface area (Å²) in [5.41, 5.74) is 0.322. The van der Waals surface area contributed by atoms with Crippen molar-refractivity contribution in [2.24, 2.45) is 5.41 Å². The van der Waals surface area contributed by atoms with Crippen molar-refractivity contribution >= 4 is 0 Å². The number of nitrogens with one attached hydrogen (secondary N) is 1. The van der Waals surface area contributed by atoms with Crippen molar-refractivity contribution in [2.45, 2.75) is 65.5 Å². The maximum atomic E-state index is 5.71. The molecule has 0 spiro atoms. The molecule has 0 aromatic heterocycles. The number of hydrogen-bond acceptors (Lipinski definition) is 2. The van der Waals surface area contributed by atoms with E-state index in [0.29, 0.717) is 17.6 Å². The largest absolute Gasteiger partial charge is 0.378 e. The van der Waals surface area contributed by atoms with E-state index in [2.05, 4.69) is 33.0 Å². The summed E-state index contributed by atoms with van der Waals surface area (Å²) in [5, 5.41) is 3.65. The molecule has 90 valence electrons. The number of unbranched alkanes of at least 4 members (excludes halogenated alkanes) is 2. The lowest BCUT2D eigenvalue weighted by atomic mass is 9.64. The normalized spacial score (nSPS) is 28.8. The van der Waals surface area contributed by atoms with Crippen LogP contribution in [0.5, 0.6) is 0 Å². The van der Waals surface area contributed by atoms with Gasteiger partial charge in [-0.15, -0.1) is 0 Å². The van der Waals surface area contributed by atoms with Crippen LogP contribution in [0, 0.1) is 5.41 Å². The Kier molecular flexibility index (Phi) is 5.07. The SMILES string of the molecule is CCCCCNC1CC(OCC)C1(C)C. The third-order valence-corrected chi connectivity index (χ3v) is 3.72. The fourth-order valence-electron chi connectivity index (χ4n) is 2.37. The average molecular weight is 213 g/mol. The minimum atomic E-state index is 0.322. The van der Waals surface area contributed by atoms with E-state index in [1.165, 1.54) is 32.2 Å². The Labute approximate surface area is 94.8 Å². The number of hydrogen-bond donors (Lipinski definition) is 1. The van der Waals surface area contributed by atoms with Gasteiger partial charge in [-0.05, 0) is 26.3 Å². The molecular weight excluding hydrogens is 186 g/mol. The van der Waals surface area contributed by atoms with Crippen molar-refractivity contribution in [1.82, 2.24) is 5.32 Å². The van der Waals surface area contributed by atoms with Crippen molar-refractivity contribution < 1.29 is 4.74 Å². The van der Waals surface area contributed by atoms with Crippen molar-refractivity contribution in [1.29, 1.82) is 0 Å². The molecule has 2 unspecified atom stereocenters. The average Bonchev–Trinajstić information content (AvgIpc) is 2.21. The molecule has 0 radical (unpaired) electrons. The summed E-state index contributed by atoms with van der Waals surface area (Å²) in [7, 11) is 0. The van der Waals surface area contributed by atoms with Crippen LogP contribution in [0.3, 0.4) is 0 Å². The van der Waals surface area contributed by atoms with Crippen molar-refractivity contribution in [3.8, 4) is 0 Å². The smallest absolute Gasteiger partial charge is 0.0655 e. The van der Waals surface area contributed by atoms with E-state index in [-0.39, 0.29) is 0 Å². The highest BCUT2D eigenvalue weighted by atomic mass is 16.5. The molecule has 2 heteroatoms. The van der Waals surface area contributed by atoms with Crippen LogP contribution in [0.25, 0.3) is 0 Å². The Bertz CT molecular complexity index is 179. The molecule has 1 saturated carbocycles. The Morgan fingerprint density at radius 2 is 2.00 bits per heavy atom. The molecule has 1 N–H and O–H groups in total. The van der Waals surface area contributed by atoms with Gasteiger partial charge in [0.05, 0.1) is 6.10 Å². The van der Waals surface area contributed by atoms with Crippen LogP contribution in [0.1, 0.15) is 53.4 Å². The lowest BCUT2D eigenvalue weighted by molar-refractivity contribution is -0.113. The molecule has 0 aromatic rings. The monoisotopic (exact) mass is 213 g/mol. The summed E-state index contributed by atoms with van der Waals surface area (Å²) < 4.78 is 5.71. The summed E-state index contributed by atoms with van der Waals surface area (Å²) in [6.07, 6.45) is 5.60. The van der Waals surface area contributed by atoms with Crippen LogP contribution in [0.15, 0.2) is 0 Å².